The van der Waals surface area contributed by atoms with Crippen LogP contribution in [0.2, 0.25) is 0 Å². The van der Waals surface area contributed by atoms with Crippen LogP contribution >= 0.6 is 22.9 Å². The van der Waals surface area contributed by atoms with E-state index in [1.54, 1.807) is 0 Å². The summed E-state index contributed by atoms with van der Waals surface area (Å²) in [7, 11) is 0. The fourth-order valence-corrected chi connectivity index (χ4v) is 2.34. The van der Waals surface area contributed by atoms with Crippen molar-refractivity contribution in [1.82, 2.24) is 0 Å². The van der Waals surface area contributed by atoms with Crippen LogP contribution in [0.4, 0.5) is 0 Å². The third-order valence-corrected chi connectivity index (χ3v) is 3.47. The lowest BCUT2D eigenvalue weighted by Crippen LogP contribution is -1.78. The summed E-state index contributed by atoms with van der Waals surface area (Å²) in [6.45, 7) is 2.23. The molecule has 0 fully saturated rings. The average molecular weight is 203 g/mol. The van der Waals surface area contributed by atoms with Crippen LogP contribution < -0.4 is 0 Å². The highest BCUT2D eigenvalue weighted by atomic mass is 35.5. The molecule has 0 amide bonds. The number of halogens is 1. The molecule has 1 aromatic rings. The van der Waals surface area contributed by atoms with Gasteiger partial charge in [-0.2, -0.15) is 0 Å². The first-order chi connectivity index (χ1) is 5.86. The number of aryl methyl sites for hydroxylation is 1. The maximum absolute atomic E-state index is 5.71. The van der Waals surface area contributed by atoms with E-state index < -0.39 is 0 Å². The zero-order valence-electron chi connectivity index (χ0n) is 7.48. The van der Waals surface area contributed by atoms with Gasteiger partial charge < -0.3 is 0 Å². The molecule has 1 aromatic heterocycles. The molecular weight excluding hydrogens is 188 g/mol. The van der Waals surface area contributed by atoms with E-state index in [0.717, 1.165) is 0 Å². The Bertz CT molecular complexity index is 217. The van der Waals surface area contributed by atoms with E-state index in [-0.39, 0.29) is 0 Å². The fourth-order valence-electron chi connectivity index (χ4n) is 1.18. The van der Waals surface area contributed by atoms with Crippen molar-refractivity contribution < 1.29 is 0 Å². The third kappa shape index (κ3) is 3.16. The summed E-state index contributed by atoms with van der Waals surface area (Å²) < 4.78 is 0. The first-order valence-electron chi connectivity index (χ1n) is 4.50. The van der Waals surface area contributed by atoms with Crippen molar-refractivity contribution in [2.45, 2.75) is 38.5 Å². The number of alkyl halides is 1. The second-order valence-electron chi connectivity index (χ2n) is 2.96. The summed E-state index contributed by atoms with van der Waals surface area (Å²) in [5.74, 6) is 0.665. The summed E-state index contributed by atoms with van der Waals surface area (Å²) >= 11 is 7.56. The molecular formula is C10H15ClS. The van der Waals surface area contributed by atoms with Crippen LogP contribution in [0.15, 0.2) is 12.1 Å². The predicted molar refractivity (Wildman–Crippen MR) is 57.1 cm³/mol. The molecule has 0 aliphatic heterocycles. The molecule has 0 aromatic carbocycles. The molecule has 0 unspecified atom stereocenters. The molecule has 68 valence electrons. The lowest BCUT2D eigenvalue weighted by Gasteiger charge is -1.94. The molecule has 0 N–H and O–H groups in total. The van der Waals surface area contributed by atoms with Crippen molar-refractivity contribution in [1.29, 1.82) is 0 Å². The van der Waals surface area contributed by atoms with Crippen molar-refractivity contribution in [2.75, 3.05) is 0 Å². The van der Waals surface area contributed by atoms with Crippen LogP contribution in [0.3, 0.4) is 0 Å². The molecule has 0 spiro atoms. The van der Waals surface area contributed by atoms with Crippen LogP contribution in [0.5, 0.6) is 0 Å². The maximum Gasteiger partial charge on any atom is 0.0568 e. The van der Waals surface area contributed by atoms with Crippen LogP contribution in [-0.2, 0) is 12.3 Å². The van der Waals surface area contributed by atoms with Gasteiger partial charge in [0.25, 0.3) is 0 Å². The van der Waals surface area contributed by atoms with E-state index in [1.807, 2.05) is 11.3 Å². The molecule has 1 heterocycles. The summed E-state index contributed by atoms with van der Waals surface area (Å²) in [5.41, 5.74) is 0. The van der Waals surface area contributed by atoms with Crippen molar-refractivity contribution in [3.8, 4) is 0 Å². The molecule has 0 nitrogen and oxygen atoms in total. The van der Waals surface area contributed by atoms with Gasteiger partial charge in [0.2, 0.25) is 0 Å². The average Bonchev–Trinajstić information content (AvgIpc) is 2.53. The van der Waals surface area contributed by atoms with Crippen molar-refractivity contribution in [2.24, 2.45) is 0 Å². The minimum Gasteiger partial charge on any atom is -0.144 e. The smallest absolute Gasteiger partial charge is 0.0568 e. The molecule has 0 saturated carbocycles. The van der Waals surface area contributed by atoms with E-state index in [0.29, 0.717) is 5.88 Å². The summed E-state index contributed by atoms with van der Waals surface area (Å²) in [5, 5.41) is 0. The Morgan fingerprint density at radius 2 is 2.00 bits per heavy atom. The van der Waals surface area contributed by atoms with E-state index in [9.17, 15) is 0 Å². The number of rotatable bonds is 5. The Balaban J connectivity index is 2.31. The van der Waals surface area contributed by atoms with Gasteiger partial charge in [0, 0.05) is 9.75 Å². The molecule has 12 heavy (non-hydrogen) atoms. The van der Waals surface area contributed by atoms with E-state index >= 15 is 0 Å². The molecule has 0 aliphatic rings. The zero-order valence-corrected chi connectivity index (χ0v) is 9.05. The van der Waals surface area contributed by atoms with Gasteiger partial charge in [-0.15, -0.1) is 22.9 Å². The maximum atomic E-state index is 5.71. The van der Waals surface area contributed by atoms with E-state index in [2.05, 4.69) is 19.1 Å². The second kappa shape index (κ2) is 5.60. The number of unbranched alkanes of at least 4 members (excludes halogenated alkanes) is 2. The Hall–Kier alpha value is -0.0100. The van der Waals surface area contributed by atoms with Gasteiger partial charge in [0.15, 0.2) is 0 Å². The van der Waals surface area contributed by atoms with Gasteiger partial charge in [0.1, 0.15) is 0 Å². The molecule has 0 atom stereocenters. The highest BCUT2D eigenvalue weighted by Gasteiger charge is 1.97. The van der Waals surface area contributed by atoms with E-state index in [1.165, 1.54) is 35.4 Å². The molecule has 2 heteroatoms. The largest absolute Gasteiger partial charge is 0.144 e. The SMILES string of the molecule is CCCCCc1ccc(CCl)s1. The lowest BCUT2D eigenvalue weighted by atomic mass is 10.2. The van der Waals surface area contributed by atoms with Crippen molar-refractivity contribution in [3.63, 3.8) is 0 Å². The minimum atomic E-state index is 0.665. The molecule has 0 aliphatic carbocycles. The highest BCUT2D eigenvalue weighted by molar-refractivity contribution is 7.12. The Morgan fingerprint density at radius 1 is 1.25 bits per heavy atom. The van der Waals surface area contributed by atoms with Gasteiger partial charge >= 0.3 is 0 Å². The Kier molecular flexibility index (Phi) is 4.70. The van der Waals surface area contributed by atoms with Crippen LogP contribution in [-0.4, -0.2) is 0 Å². The first-order valence-corrected chi connectivity index (χ1v) is 5.85. The molecule has 0 saturated heterocycles. The molecule has 1 rings (SSSR count). The van der Waals surface area contributed by atoms with Gasteiger partial charge in [-0.1, -0.05) is 19.8 Å². The fraction of sp³-hybridized carbons (Fsp3) is 0.600. The minimum absolute atomic E-state index is 0.665. The molecule has 0 bridgehead atoms. The van der Waals surface area contributed by atoms with Crippen LogP contribution in [0, 0.1) is 0 Å². The quantitative estimate of drug-likeness (QED) is 0.496. The Labute approximate surface area is 83.6 Å². The van der Waals surface area contributed by atoms with Gasteiger partial charge in [-0.3, -0.25) is 0 Å². The van der Waals surface area contributed by atoms with E-state index in [4.69, 9.17) is 11.6 Å². The van der Waals surface area contributed by atoms with Crippen molar-refractivity contribution in [3.05, 3.63) is 21.9 Å². The number of hydrogen-bond donors (Lipinski definition) is 0. The molecule has 0 radical (unpaired) electrons. The highest BCUT2D eigenvalue weighted by Crippen LogP contribution is 2.20. The Morgan fingerprint density at radius 3 is 2.58 bits per heavy atom. The zero-order chi connectivity index (χ0) is 8.81. The van der Waals surface area contributed by atoms with Crippen LogP contribution in [0.25, 0.3) is 0 Å². The number of thiophene rings is 1. The van der Waals surface area contributed by atoms with Crippen LogP contribution in [0.1, 0.15) is 35.9 Å². The third-order valence-electron chi connectivity index (χ3n) is 1.88. The summed E-state index contributed by atoms with van der Waals surface area (Å²) in [4.78, 5) is 2.78. The van der Waals surface area contributed by atoms with Gasteiger partial charge in [-0.05, 0) is 25.0 Å². The lowest BCUT2D eigenvalue weighted by molar-refractivity contribution is 0.722. The summed E-state index contributed by atoms with van der Waals surface area (Å²) in [6, 6.07) is 4.34. The standard InChI is InChI=1S/C10H15ClS/c1-2-3-4-5-9-6-7-10(8-11)12-9/h6-7H,2-5,8H2,1H3. The second-order valence-corrected chi connectivity index (χ2v) is 4.48. The van der Waals surface area contributed by atoms with Gasteiger partial charge in [0.05, 0.1) is 5.88 Å². The van der Waals surface area contributed by atoms with Crippen molar-refractivity contribution >= 4 is 22.9 Å². The summed E-state index contributed by atoms with van der Waals surface area (Å²) in [6.07, 6.45) is 5.19. The topological polar surface area (TPSA) is 0 Å². The predicted octanol–water partition coefficient (Wildman–Crippen LogP) is 4.22. The van der Waals surface area contributed by atoms with Gasteiger partial charge in [-0.25, -0.2) is 0 Å². The normalized spacial score (nSPS) is 10.5. The number of hydrogen-bond acceptors (Lipinski definition) is 1. The first kappa shape index (κ1) is 10.1. The monoisotopic (exact) mass is 202 g/mol.